The van der Waals surface area contributed by atoms with Gasteiger partial charge in [0.2, 0.25) is 5.28 Å². The number of benzene rings is 1. The van der Waals surface area contributed by atoms with E-state index in [1.807, 2.05) is 17.6 Å². The topological polar surface area (TPSA) is 67.2 Å². The van der Waals surface area contributed by atoms with Gasteiger partial charge < -0.3 is 15.0 Å². The van der Waals surface area contributed by atoms with E-state index < -0.39 is 0 Å². The summed E-state index contributed by atoms with van der Waals surface area (Å²) in [5.41, 5.74) is 2.17. The summed E-state index contributed by atoms with van der Waals surface area (Å²) in [5.74, 6) is -0.169. The third kappa shape index (κ3) is 2.88. The molecule has 2 N–H and O–H groups in total. The molecule has 5 nitrogen and oxygen atoms in total. The second-order valence-electron chi connectivity index (χ2n) is 4.16. The van der Waals surface area contributed by atoms with Gasteiger partial charge in [0.1, 0.15) is 0 Å². The van der Waals surface area contributed by atoms with Crippen LogP contribution in [0.15, 0.2) is 18.2 Å². The van der Waals surface area contributed by atoms with Crippen LogP contribution in [-0.4, -0.2) is 33.7 Å². The predicted molar refractivity (Wildman–Crippen MR) is 74.5 cm³/mol. The average molecular weight is 282 g/mol. The van der Waals surface area contributed by atoms with Gasteiger partial charge in [0.05, 0.1) is 11.0 Å². The van der Waals surface area contributed by atoms with Crippen molar-refractivity contribution in [1.82, 2.24) is 14.9 Å². The molecular formula is C13H16ClN3O2. The molecule has 6 heteroatoms. The number of hydrogen-bond donors (Lipinski definition) is 2. The summed E-state index contributed by atoms with van der Waals surface area (Å²) in [7, 11) is 0. The number of nitrogens with one attached hydrogen (secondary N) is 1. The van der Waals surface area contributed by atoms with Gasteiger partial charge in [-0.15, -0.1) is 0 Å². The zero-order valence-corrected chi connectivity index (χ0v) is 11.4. The highest BCUT2D eigenvalue weighted by Crippen LogP contribution is 2.20. The second-order valence-corrected chi connectivity index (χ2v) is 4.50. The Hall–Kier alpha value is -1.59. The lowest BCUT2D eigenvalue weighted by Crippen LogP contribution is -2.24. The van der Waals surface area contributed by atoms with Crippen molar-refractivity contribution in [2.45, 2.75) is 19.9 Å². The van der Waals surface area contributed by atoms with Gasteiger partial charge in [0, 0.05) is 25.3 Å². The Balaban J connectivity index is 2.24. The van der Waals surface area contributed by atoms with Crippen molar-refractivity contribution in [3.05, 3.63) is 29.0 Å². The van der Waals surface area contributed by atoms with Crippen molar-refractivity contribution in [2.75, 3.05) is 13.2 Å². The maximum atomic E-state index is 11.9. The molecule has 1 aromatic heterocycles. The lowest BCUT2D eigenvalue weighted by molar-refractivity contribution is 0.0951. The van der Waals surface area contributed by atoms with E-state index in [9.17, 15) is 4.79 Å². The Morgan fingerprint density at radius 1 is 1.53 bits per heavy atom. The number of amides is 1. The number of aryl methyl sites for hydroxylation is 1. The number of halogens is 1. The molecule has 0 saturated heterocycles. The summed E-state index contributed by atoms with van der Waals surface area (Å²) in [6, 6.07) is 5.32. The van der Waals surface area contributed by atoms with Gasteiger partial charge in [-0.05, 0) is 43.1 Å². The van der Waals surface area contributed by atoms with Crippen LogP contribution in [0.2, 0.25) is 5.28 Å². The molecule has 102 valence electrons. The fourth-order valence-electron chi connectivity index (χ4n) is 1.93. The van der Waals surface area contributed by atoms with Gasteiger partial charge in [0.25, 0.3) is 5.91 Å². The fourth-order valence-corrected chi connectivity index (χ4v) is 2.23. The fraction of sp³-hybridized carbons (Fsp3) is 0.385. The smallest absolute Gasteiger partial charge is 0.251 e. The number of aliphatic hydroxyl groups excluding tert-OH is 1. The quantitative estimate of drug-likeness (QED) is 0.822. The normalized spacial score (nSPS) is 10.9. The molecule has 1 amide bonds. The minimum absolute atomic E-state index is 0.0653. The van der Waals surface area contributed by atoms with Gasteiger partial charge >= 0.3 is 0 Å². The first-order chi connectivity index (χ1) is 9.17. The number of aliphatic hydroxyl groups is 1. The van der Waals surface area contributed by atoms with E-state index in [0.29, 0.717) is 29.3 Å². The van der Waals surface area contributed by atoms with Crippen LogP contribution in [0.3, 0.4) is 0 Å². The number of carbonyl (C=O) groups excluding carboxylic acids is 1. The third-order valence-electron chi connectivity index (χ3n) is 2.90. The van der Waals surface area contributed by atoms with Gasteiger partial charge in [0.15, 0.2) is 0 Å². The maximum absolute atomic E-state index is 11.9. The van der Waals surface area contributed by atoms with E-state index in [1.165, 1.54) is 0 Å². The Morgan fingerprint density at radius 3 is 3.00 bits per heavy atom. The summed E-state index contributed by atoms with van der Waals surface area (Å²) in [6.07, 6.45) is 0.546. The second kappa shape index (κ2) is 6.04. The van der Waals surface area contributed by atoms with Crippen molar-refractivity contribution in [3.63, 3.8) is 0 Å². The molecule has 1 heterocycles. The number of rotatable bonds is 5. The standard InChI is InChI=1S/C13H16ClN3O2/c1-2-17-11-5-4-9(8-10(11)16-13(17)14)12(19)15-6-3-7-18/h4-5,8,18H,2-3,6-7H2,1H3,(H,15,19). The van der Waals surface area contributed by atoms with Crippen LogP contribution in [0.25, 0.3) is 11.0 Å². The minimum Gasteiger partial charge on any atom is -0.396 e. The van der Waals surface area contributed by atoms with E-state index in [2.05, 4.69) is 10.3 Å². The van der Waals surface area contributed by atoms with E-state index in [1.54, 1.807) is 12.1 Å². The molecule has 0 atom stereocenters. The van der Waals surface area contributed by atoms with E-state index in [4.69, 9.17) is 16.7 Å². The molecule has 19 heavy (non-hydrogen) atoms. The number of carbonyl (C=O) groups is 1. The van der Waals surface area contributed by atoms with Crippen molar-refractivity contribution in [3.8, 4) is 0 Å². The molecule has 2 rings (SSSR count). The molecule has 0 bridgehead atoms. The van der Waals surface area contributed by atoms with Crippen molar-refractivity contribution in [2.24, 2.45) is 0 Å². The first-order valence-electron chi connectivity index (χ1n) is 6.22. The van der Waals surface area contributed by atoms with Crippen LogP contribution in [0.4, 0.5) is 0 Å². The molecule has 0 fully saturated rings. The number of nitrogens with zero attached hydrogens (tertiary/aromatic N) is 2. The highest BCUT2D eigenvalue weighted by molar-refractivity contribution is 6.29. The maximum Gasteiger partial charge on any atom is 0.251 e. The molecule has 1 aromatic carbocycles. The summed E-state index contributed by atoms with van der Waals surface area (Å²) < 4.78 is 1.88. The third-order valence-corrected chi connectivity index (χ3v) is 3.19. The lowest BCUT2D eigenvalue weighted by Gasteiger charge is -2.04. The average Bonchev–Trinajstić information content (AvgIpc) is 2.73. The summed E-state index contributed by atoms with van der Waals surface area (Å²) in [5, 5.41) is 11.8. The van der Waals surface area contributed by atoms with E-state index >= 15 is 0 Å². The zero-order chi connectivity index (χ0) is 13.8. The summed E-state index contributed by atoms with van der Waals surface area (Å²) in [4.78, 5) is 16.1. The molecule has 0 radical (unpaired) electrons. The van der Waals surface area contributed by atoms with Crippen LogP contribution in [0.1, 0.15) is 23.7 Å². The molecule has 0 aliphatic rings. The molecule has 0 aliphatic heterocycles. The molecular weight excluding hydrogens is 266 g/mol. The van der Waals surface area contributed by atoms with E-state index in [-0.39, 0.29) is 12.5 Å². The zero-order valence-electron chi connectivity index (χ0n) is 10.7. The van der Waals surface area contributed by atoms with Gasteiger partial charge in [-0.3, -0.25) is 4.79 Å². The molecule has 0 aliphatic carbocycles. The Morgan fingerprint density at radius 2 is 2.32 bits per heavy atom. The van der Waals surface area contributed by atoms with Gasteiger partial charge in [-0.1, -0.05) is 0 Å². The monoisotopic (exact) mass is 281 g/mol. The highest BCUT2D eigenvalue weighted by Gasteiger charge is 2.11. The minimum atomic E-state index is -0.169. The van der Waals surface area contributed by atoms with Crippen LogP contribution >= 0.6 is 11.6 Å². The highest BCUT2D eigenvalue weighted by atomic mass is 35.5. The van der Waals surface area contributed by atoms with Crippen LogP contribution in [-0.2, 0) is 6.54 Å². The van der Waals surface area contributed by atoms with Crippen molar-refractivity contribution < 1.29 is 9.90 Å². The number of hydrogen-bond acceptors (Lipinski definition) is 3. The Labute approximate surface area is 116 Å². The molecule has 0 unspecified atom stereocenters. The number of imidazole rings is 1. The van der Waals surface area contributed by atoms with Crippen molar-refractivity contribution in [1.29, 1.82) is 0 Å². The molecule has 0 saturated carbocycles. The first kappa shape index (κ1) is 13.8. The van der Waals surface area contributed by atoms with Crippen LogP contribution < -0.4 is 5.32 Å². The SMILES string of the molecule is CCn1c(Cl)nc2cc(C(=O)NCCCO)ccc21. The largest absolute Gasteiger partial charge is 0.396 e. The van der Waals surface area contributed by atoms with E-state index in [0.717, 1.165) is 12.1 Å². The molecule has 0 spiro atoms. The lowest BCUT2D eigenvalue weighted by atomic mass is 10.2. The van der Waals surface area contributed by atoms with Gasteiger partial charge in [-0.2, -0.15) is 0 Å². The van der Waals surface area contributed by atoms with Gasteiger partial charge in [-0.25, -0.2) is 4.98 Å². The van der Waals surface area contributed by atoms with Crippen LogP contribution in [0.5, 0.6) is 0 Å². The summed E-state index contributed by atoms with van der Waals surface area (Å²) >= 11 is 6.03. The first-order valence-corrected chi connectivity index (χ1v) is 6.60. The predicted octanol–water partition coefficient (Wildman–Crippen LogP) is 1.82. The Bertz CT molecular complexity index is 595. The summed E-state index contributed by atoms with van der Waals surface area (Å²) in [6.45, 7) is 3.24. The van der Waals surface area contributed by atoms with Crippen molar-refractivity contribution >= 4 is 28.5 Å². The number of fused-ring (bicyclic) bond motifs is 1. The molecule has 2 aromatic rings. The van der Waals surface area contributed by atoms with Crippen LogP contribution in [0, 0.1) is 0 Å². The number of aromatic nitrogens is 2. The Kier molecular flexibility index (Phi) is 4.39.